The van der Waals surface area contributed by atoms with Crippen LogP contribution in [0.3, 0.4) is 0 Å². The number of hydrogen-bond donors (Lipinski definition) is 6. The summed E-state index contributed by atoms with van der Waals surface area (Å²) in [5, 5.41) is 51.3. The first-order valence-electron chi connectivity index (χ1n) is 7.94. The second-order valence-electron chi connectivity index (χ2n) is 5.46. The van der Waals surface area contributed by atoms with Crippen molar-refractivity contribution < 1.29 is 54.4 Å². The quantitative estimate of drug-likeness (QED) is 0.156. The Hall–Kier alpha value is -1.18. The van der Waals surface area contributed by atoms with Crippen molar-refractivity contribution in [2.75, 3.05) is 33.0 Å². The van der Waals surface area contributed by atoms with Crippen LogP contribution in [0.1, 0.15) is 20.8 Å². The third-order valence-corrected chi connectivity index (χ3v) is 2.59. The number of aliphatic hydroxyl groups excluding tert-OH is 6. The van der Waals surface area contributed by atoms with Gasteiger partial charge in [-0.15, -0.1) is 0 Å². The maximum atomic E-state index is 10.6. The molecule has 0 saturated carbocycles. The Morgan fingerprint density at radius 2 is 1.15 bits per heavy atom. The van der Waals surface area contributed by atoms with Crippen molar-refractivity contribution in [3.05, 3.63) is 0 Å². The second-order valence-corrected chi connectivity index (χ2v) is 5.46. The van der Waals surface area contributed by atoms with Gasteiger partial charge in [0.15, 0.2) is 12.2 Å². The van der Waals surface area contributed by atoms with Gasteiger partial charge in [0, 0.05) is 0 Å². The summed E-state index contributed by atoms with van der Waals surface area (Å²) >= 11 is 0. The molecule has 5 atom stereocenters. The molecule has 0 aliphatic rings. The molecule has 0 bridgehead atoms. The monoisotopic (exact) mass is 386 g/mol. The van der Waals surface area contributed by atoms with E-state index in [9.17, 15) is 9.59 Å². The summed E-state index contributed by atoms with van der Waals surface area (Å²) in [6.45, 7) is 4.33. The summed E-state index contributed by atoms with van der Waals surface area (Å²) in [6.07, 6.45) is -4.30. The average molecular weight is 386 g/mol. The highest BCUT2D eigenvalue weighted by molar-refractivity contribution is 5.89. The van der Waals surface area contributed by atoms with E-state index in [4.69, 9.17) is 40.1 Å². The lowest BCUT2D eigenvalue weighted by molar-refractivity contribution is -0.173. The molecule has 0 aromatic carbocycles. The zero-order chi connectivity index (χ0) is 20.7. The molecule has 6 N–H and O–H groups in total. The van der Waals surface area contributed by atoms with Crippen molar-refractivity contribution in [3.8, 4) is 0 Å². The van der Waals surface area contributed by atoms with Crippen molar-refractivity contribution in [1.29, 1.82) is 0 Å². The topological polar surface area (TPSA) is 183 Å². The smallest absolute Gasteiger partial charge is 0.345 e. The number of hydrogen-bond acceptors (Lipinski definition) is 11. The molecule has 0 heterocycles. The van der Waals surface area contributed by atoms with Gasteiger partial charge in [0.2, 0.25) is 0 Å². The van der Waals surface area contributed by atoms with E-state index in [0.717, 1.165) is 0 Å². The molecule has 0 fully saturated rings. The molecule has 0 amide bonds. The Kier molecular flexibility index (Phi) is 16.7. The maximum Gasteiger partial charge on any atom is 0.345 e. The summed E-state index contributed by atoms with van der Waals surface area (Å²) < 4.78 is 14.3. The zero-order valence-corrected chi connectivity index (χ0v) is 15.1. The lowest BCUT2D eigenvalue weighted by Crippen LogP contribution is -2.34. The van der Waals surface area contributed by atoms with Crippen LogP contribution >= 0.6 is 0 Å². The summed E-state index contributed by atoms with van der Waals surface area (Å²) in [5.74, 6) is -2.75. The molecule has 5 unspecified atom stereocenters. The Morgan fingerprint density at radius 3 is 1.50 bits per heavy atom. The van der Waals surface area contributed by atoms with Gasteiger partial charge < -0.3 is 44.8 Å². The SMILES string of the molecule is CC(O)COC(C)COC(C)CO.O=C(OC(=O)C(O)CO)C(O)CO. The normalized spacial score (nSPS) is 16.5. The van der Waals surface area contributed by atoms with Gasteiger partial charge in [-0.25, -0.2) is 9.59 Å². The van der Waals surface area contributed by atoms with E-state index < -0.39 is 43.5 Å². The highest BCUT2D eigenvalue weighted by Crippen LogP contribution is 1.97. The zero-order valence-electron chi connectivity index (χ0n) is 15.1. The van der Waals surface area contributed by atoms with Crippen LogP contribution < -0.4 is 0 Å². The molecule has 0 saturated heterocycles. The standard InChI is InChI=1S/C9H20O4.C6H10O7/c1-7(11)5-12-9(3)6-13-8(2)4-10;7-1-3(9)5(11)13-6(12)4(10)2-8/h7-11H,4-6H2,1-3H3;3-4,7-10H,1-2H2. The largest absolute Gasteiger partial charge is 0.394 e. The molecule has 0 aliphatic heterocycles. The molecule has 0 radical (unpaired) electrons. The van der Waals surface area contributed by atoms with Crippen LogP contribution in [-0.4, -0.2) is 106 Å². The van der Waals surface area contributed by atoms with Crippen molar-refractivity contribution in [2.45, 2.75) is 51.3 Å². The first kappa shape index (κ1) is 27.0. The van der Waals surface area contributed by atoms with E-state index in [1.54, 1.807) is 13.8 Å². The molecular formula is C15H30O11. The van der Waals surface area contributed by atoms with Gasteiger partial charge >= 0.3 is 11.9 Å². The van der Waals surface area contributed by atoms with Crippen LogP contribution in [-0.2, 0) is 23.8 Å². The van der Waals surface area contributed by atoms with Crippen LogP contribution in [0.4, 0.5) is 0 Å². The fourth-order valence-electron chi connectivity index (χ4n) is 1.09. The molecule has 0 aromatic heterocycles. The Labute approximate surface area is 151 Å². The maximum absolute atomic E-state index is 10.6. The van der Waals surface area contributed by atoms with E-state index in [0.29, 0.717) is 13.2 Å². The molecule has 11 heteroatoms. The van der Waals surface area contributed by atoms with Crippen molar-refractivity contribution in [2.24, 2.45) is 0 Å². The minimum atomic E-state index is -1.82. The van der Waals surface area contributed by atoms with Crippen LogP contribution in [0.5, 0.6) is 0 Å². The van der Waals surface area contributed by atoms with Gasteiger partial charge in [-0.1, -0.05) is 0 Å². The summed E-state index contributed by atoms with van der Waals surface area (Å²) in [7, 11) is 0. The van der Waals surface area contributed by atoms with Gasteiger partial charge in [-0.05, 0) is 20.8 Å². The van der Waals surface area contributed by atoms with Gasteiger partial charge in [0.05, 0.1) is 51.3 Å². The molecule has 11 nitrogen and oxygen atoms in total. The number of rotatable bonds is 11. The lowest BCUT2D eigenvalue weighted by Gasteiger charge is -2.16. The van der Waals surface area contributed by atoms with Gasteiger partial charge in [0.1, 0.15) is 0 Å². The van der Waals surface area contributed by atoms with Crippen LogP contribution in [0.25, 0.3) is 0 Å². The van der Waals surface area contributed by atoms with E-state index in [1.807, 2.05) is 6.92 Å². The minimum Gasteiger partial charge on any atom is -0.394 e. The van der Waals surface area contributed by atoms with Crippen LogP contribution in [0, 0.1) is 0 Å². The number of aliphatic hydroxyl groups is 6. The Bertz CT molecular complexity index is 355. The van der Waals surface area contributed by atoms with Crippen molar-refractivity contribution in [3.63, 3.8) is 0 Å². The predicted molar refractivity (Wildman–Crippen MR) is 86.9 cm³/mol. The second kappa shape index (κ2) is 16.0. The third kappa shape index (κ3) is 15.1. The molecule has 0 rings (SSSR count). The van der Waals surface area contributed by atoms with E-state index >= 15 is 0 Å². The molecule has 0 aliphatic carbocycles. The average Bonchev–Trinajstić information content (AvgIpc) is 2.62. The number of ether oxygens (including phenoxy) is 3. The van der Waals surface area contributed by atoms with E-state index in [1.165, 1.54) is 0 Å². The summed E-state index contributed by atoms with van der Waals surface area (Å²) in [5.41, 5.74) is 0. The van der Waals surface area contributed by atoms with E-state index in [2.05, 4.69) is 4.74 Å². The fraction of sp³-hybridized carbons (Fsp3) is 0.867. The number of carbonyl (C=O) groups excluding carboxylic acids is 2. The highest BCUT2D eigenvalue weighted by Gasteiger charge is 2.23. The molecular weight excluding hydrogens is 356 g/mol. The summed E-state index contributed by atoms with van der Waals surface area (Å²) in [6, 6.07) is 0. The minimum absolute atomic E-state index is 0.0170. The third-order valence-electron chi connectivity index (χ3n) is 2.59. The summed E-state index contributed by atoms with van der Waals surface area (Å²) in [4.78, 5) is 21.1. The molecule has 26 heavy (non-hydrogen) atoms. The van der Waals surface area contributed by atoms with Crippen molar-refractivity contribution in [1.82, 2.24) is 0 Å². The first-order chi connectivity index (χ1) is 12.1. The van der Waals surface area contributed by atoms with Gasteiger partial charge in [-0.3, -0.25) is 0 Å². The predicted octanol–water partition coefficient (Wildman–Crippen LogP) is -3.07. The molecule has 0 aromatic rings. The van der Waals surface area contributed by atoms with E-state index in [-0.39, 0.29) is 18.8 Å². The molecule has 156 valence electrons. The first-order valence-corrected chi connectivity index (χ1v) is 7.94. The lowest BCUT2D eigenvalue weighted by atomic mass is 10.3. The Morgan fingerprint density at radius 1 is 0.731 bits per heavy atom. The fourth-order valence-corrected chi connectivity index (χ4v) is 1.09. The van der Waals surface area contributed by atoms with Gasteiger partial charge in [-0.2, -0.15) is 0 Å². The molecule has 0 spiro atoms. The highest BCUT2D eigenvalue weighted by atomic mass is 16.6. The Balaban J connectivity index is 0. The van der Waals surface area contributed by atoms with Crippen LogP contribution in [0.15, 0.2) is 0 Å². The number of esters is 2. The number of carbonyl (C=O) groups is 2. The van der Waals surface area contributed by atoms with Crippen molar-refractivity contribution >= 4 is 11.9 Å². The van der Waals surface area contributed by atoms with Crippen LogP contribution in [0.2, 0.25) is 0 Å². The van der Waals surface area contributed by atoms with Gasteiger partial charge in [0.25, 0.3) is 0 Å².